The number of carbonyl (C=O) groups excluding carboxylic acids is 4. The molecule has 0 aromatic rings. The topological polar surface area (TPSA) is 124 Å². The molecule has 1 fully saturated rings. The normalized spacial score (nSPS) is 25.8. The van der Waals surface area contributed by atoms with Crippen LogP contribution in [0.4, 0.5) is 0 Å². The van der Waals surface area contributed by atoms with E-state index >= 15 is 0 Å². The Kier molecular flexibility index (Phi) is 11.7. The highest BCUT2D eigenvalue weighted by atomic mass is 32.2. The van der Waals surface area contributed by atoms with Crippen molar-refractivity contribution in [1.29, 1.82) is 0 Å². The number of carbonyl (C=O) groups is 4. The van der Waals surface area contributed by atoms with Crippen LogP contribution < -0.4 is 0 Å². The van der Waals surface area contributed by atoms with E-state index in [1.54, 1.807) is 11.8 Å². The largest absolute Gasteiger partial charge is 0.463 e. The van der Waals surface area contributed by atoms with Gasteiger partial charge in [0.05, 0.1) is 6.61 Å². The van der Waals surface area contributed by atoms with E-state index in [0.717, 1.165) is 11.5 Å². The molecule has 0 bridgehead atoms. The Morgan fingerprint density at radius 3 is 1.93 bits per heavy atom. The van der Waals surface area contributed by atoms with Crippen molar-refractivity contribution in [2.45, 2.75) is 71.7 Å². The van der Waals surface area contributed by atoms with Crippen molar-refractivity contribution in [2.75, 3.05) is 24.7 Å². The number of thioether (sulfide) groups is 1. The van der Waals surface area contributed by atoms with Crippen molar-refractivity contribution in [3.8, 4) is 0 Å². The first-order valence-corrected chi connectivity index (χ1v) is 10.8. The van der Waals surface area contributed by atoms with E-state index in [2.05, 4.69) is 0 Å². The van der Waals surface area contributed by atoms with Gasteiger partial charge < -0.3 is 28.4 Å². The monoisotopic (exact) mass is 450 g/mol. The minimum absolute atomic E-state index is 0.274. The van der Waals surface area contributed by atoms with Gasteiger partial charge in [-0.3, -0.25) is 19.2 Å². The van der Waals surface area contributed by atoms with Crippen LogP contribution in [0.25, 0.3) is 0 Å². The van der Waals surface area contributed by atoms with Gasteiger partial charge in [-0.1, -0.05) is 6.92 Å². The van der Waals surface area contributed by atoms with Gasteiger partial charge in [-0.05, 0) is 17.9 Å². The number of hydrogen-bond donors (Lipinski definition) is 0. The Bertz CT molecular complexity index is 596. The predicted molar refractivity (Wildman–Crippen MR) is 106 cm³/mol. The molecule has 0 aromatic carbocycles. The van der Waals surface area contributed by atoms with Gasteiger partial charge in [0.25, 0.3) is 0 Å². The first-order valence-electron chi connectivity index (χ1n) is 9.65. The molecule has 30 heavy (non-hydrogen) atoms. The summed E-state index contributed by atoms with van der Waals surface area (Å²) in [5, 5.41) is 0. The summed E-state index contributed by atoms with van der Waals surface area (Å²) in [6.07, 6.45) is -4.96. The molecule has 1 aliphatic heterocycles. The molecule has 0 saturated carbocycles. The third-order valence-electron chi connectivity index (χ3n) is 3.87. The Balaban J connectivity index is 3.13. The van der Waals surface area contributed by atoms with Gasteiger partial charge in [-0.15, -0.1) is 0 Å². The second-order valence-corrected chi connectivity index (χ2v) is 7.88. The van der Waals surface area contributed by atoms with Crippen molar-refractivity contribution < 1.29 is 47.6 Å². The van der Waals surface area contributed by atoms with Crippen LogP contribution in [-0.2, 0) is 47.6 Å². The summed E-state index contributed by atoms with van der Waals surface area (Å²) in [6, 6.07) is 0. The number of rotatable bonds is 11. The zero-order valence-electron chi connectivity index (χ0n) is 17.9. The molecule has 0 N–H and O–H groups in total. The summed E-state index contributed by atoms with van der Waals surface area (Å²) in [5.41, 5.74) is 0. The van der Waals surface area contributed by atoms with E-state index in [1.165, 1.54) is 27.7 Å². The second kappa shape index (κ2) is 13.5. The fraction of sp³-hybridized carbons (Fsp3) is 0.789. The lowest BCUT2D eigenvalue weighted by atomic mass is 9.98. The molecule has 0 spiro atoms. The first-order chi connectivity index (χ1) is 14.1. The average molecular weight is 451 g/mol. The zero-order chi connectivity index (χ0) is 22.7. The zero-order valence-corrected chi connectivity index (χ0v) is 18.7. The first kappa shape index (κ1) is 26.2. The lowest BCUT2D eigenvalue weighted by Crippen LogP contribution is -2.63. The van der Waals surface area contributed by atoms with Crippen molar-refractivity contribution >= 4 is 35.6 Å². The van der Waals surface area contributed by atoms with Crippen LogP contribution in [0.5, 0.6) is 0 Å². The second-order valence-electron chi connectivity index (χ2n) is 6.49. The van der Waals surface area contributed by atoms with Crippen LogP contribution in [0.3, 0.4) is 0 Å². The molecule has 172 valence electrons. The van der Waals surface area contributed by atoms with E-state index in [9.17, 15) is 19.2 Å². The Hall–Kier alpha value is -1.85. The third kappa shape index (κ3) is 9.31. The molecule has 11 heteroatoms. The molecule has 1 heterocycles. The molecule has 0 aromatic heterocycles. The lowest BCUT2D eigenvalue weighted by Gasteiger charge is -2.44. The minimum atomic E-state index is -1.21. The van der Waals surface area contributed by atoms with Crippen molar-refractivity contribution in [1.82, 2.24) is 0 Å². The number of hydrogen-bond acceptors (Lipinski definition) is 11. The lowest BCUT2D eigenvalue weighted by molar-refractivity contribution is -0.308. The smallest absolute Gasteiger partial charge is 0.303 e. The van der Waals surface area contributed by atoms with E-state index < -0.39 is 54.6 Å². The van der Waals surface area contributed by atoms with Gasteiger partial charge in [0, 0.05) is 27.7 Å². The highest BCUT2D eigenvalue weighted by Gasteiger charge is 2.52. The maximum Gasteiger partial charge on any atom is 0.303 e. The SMILES string of the molecule is CCSCCCOC1OC(COC(C)=O)C(OC(C)=O)C(OC(C)=O)C1OC(C)=O. The van der Waals surface area contributed by atoms with Gasteiger partial charge in [0.2, 0.25) is 0 Å². The van der Waals surface area contributed by atoms with E-state index in [0.29, 0.717) is 13.0 Å². The van der Waals surface area contributed by atoms with Gasteiger partial charge in [-0.25, -0.2) is 0 Å². The Labute approximate surface area is 180 Å². The maximum atomic E-state index is 11.7. The molecule has 1 rings (SSSR count). The van der Waals surface area contributed by atoms with Gasteiger partial charge in [-0.2, -0.15) is 11.8 Å². The van der Waals surface area contributed by atoms with Crippen LogP contribution in [0.2, 0.25) is 0 Å². The third-order valence-corrected chi connectivity index (χ3v) is 4.85. The molecule has 0 aliphatic carbocycles. The predicted octanol–water partition coefficient (Wildman–Crippen LogP) is 1.23. The van der Waals surface area contributed by atoms with Crippen molar-refractivity contribution in [3.05, 3.63) is 0 Å². The highest BCUT2D eigenvalue weighted by Crippen LogP contribution is 2.30. The van der Waals surface area contributed by atoms with Crippen molar-refractivity contribution in [3.63, 3.8) is 0 Å². The molecule has 1 saturated heterocycles. The molecule has 1 aliphatic rings. The standard InChI is InChI=1S/C19H30O10S/c1-6-30-9-7-8-24-19-18(28-14(5)23)17(27-13(4)22)16(26-12(3)21)15(29-19)10-25-11(2)20/h15-19H,6-10H2,1-5H3. The van der Waals surface area contributed by atoms with E-state index in [4.69, 9.17) is 28.4 Å². The van der Waals surface area contributed by atoms with Gasteiger partial charge in [0.15, 0.2) is 24.6 Å². The van der Waals surface area contributed by atoms with E-state index in [-0.39, 0.29) is 6.61 Å². The number of ether oxygens (including phenoxy) is 6. The highest BCUT2D eigenvalue weighted by molar-refractivity contribution is 7.99. The van der Waals surface area contributed by atoms with Gasteiger partial charge in [0.1, 0.15) is 12.7 Å². The summed E-state index contributed by atoms with van der Waals surface area (Å²) < 4.78 is 32.5. The average Bonchev–Trinajstić information content (AvgIpc) is 2.63. The molecular weight excluding hydrogens is 420 g/mol. The van der Waals surface area contributed by atoms with Crippen LogP contribution in [0.15, 0.2) is 0 Å². The minimum Gasteiger partial charge on any atom is -0.463 e. The molecule has 5 atom stereocenters. The fourth-order valence-corrected chi connectivity index (χ4v) is 3.44. The summed E-state index contributed by atoms with van der Waals surface area (Å²) in [6.45, 7) is 6.81. The molecule has 5 unspecified atom stereocenters. The van der Waals surface area contributed by atoms with Crippen molar-refractivity contribution in [2.24, 2.45) is 0 Å². The summed E-state index contributed by atoms with van der Waals surface area (Å²) in [4.78, 5) is 46.3. The number of esters is 4. The quantitative estimate of drug-likeness (QED) is 0.256. The summed E-state index contributed by atoms with van der Waals surface area (Å²) in [5.74, 6) is -0.746. The Morgan fingerprint density at radius 2 is 1.40 bits per heavy atom. The van der Waals surface area contributed by atoms with Crippen LogP contribution >= 0.6 is 11.8 Å². The van der Waals surface area contributed by atoms with Crippen LogP contribution in [0.1, 0.15) is 41.0 Å². The maximum absolute atomic E-state index is 11.7. The summed E-state index contributed by atoms with van der Waals surface area (Å²) >= 11 is 1.74. The van der Waals surface area contributed by atoms with Crippen LogP contribution in [0, 0.1) is 0 Å². The Morgan fingerprint density at radius 1 is 0.833 bits per heavy atom. The molecule has 0 radical (unpaired) electrons. The molecule has 0 amide bonds. The van der Waals surface area contributed by atoms with E-state index in [1.807, 2.05) is 6.92 Å². The molecule has 10 nitrogen and oxygen atoms in total. The fourth-order valence-electron chi connectivity index (χ4n) is 2.83. The van der Waals surface area contributed by atoms with Gasteiger partial charge >= 0.3 is 23.9 Å². The summed E-state index contributed by atoms with van der Waals surface area (Å²) in [7, 11) is 0. The molecular formula is C19H30O10S. The van der Waals surface area contributed by atoms with Crippen LogP contribution in [-0.4, -0.2) is 79.3 Å².